The number of nitro groups is 1. The van der Waals surface area contributed by atoms with E-state index in [9.17, 15) is 18.9 Å². The molecule has 128 valence electrons. The van der Waals surface area contributed by atoms with Crippen LogP contribution in [0.4, 0.5) is 14.5 Å². The van der Waals surface area contributed by atoms with Gasteiger partial charge in [0.1, 0.15) is 6.21 Å². The summed E-state index contributed by atoms with van der Waals surface area (Å²) >= 11 is 0. The van der Waals surface area contributed by atoms with Gasteiger partial charge in [0.05, 0.1) is 16.8 Å². The lowest BCUT2D eigenvalue weighted by Gasteiger charge is -2.31. The Hall–Kier alpha value is -2.82. The highest BCUT2D eigenvalue weighted by Gasteiger charge is 2.45. The van der Waals surface area contributed by atoms with Gasteiger partial charge < -0.3 is 15.4 Å². The minimum absolute atomic E-state index is 0.0636. The number of aromatic nitrogens is 1. The van der Waals surface area contributed by atoms with E-state index in [-0.39, 0.29) is 23.3 Å². The Balaban J connectivity index is 1.79. The standard InChI is InChI=1S/C13H14F2N6O3/c14-12(15)24-10-4-3-8(5-17-10)19-11-9(21(22)23)6-18-13(16,20-11)7-1-2-7/h3-7,12,19-20H,1-2,16H2. The summed E-state index contributed by atoms with van der Waals surface area (Å²) in [6, 6.07) is 2.62. The van der Waals surface area contributed by atoms with Crippen molar-refractivity contribution in [1.82, 2.24) is 10.3 Å². The van der Waals surface area contributed by atoms with Crippen LogP contribution in [-0.2, 0) is 0 Å². The molecule has 0 radical (unpaired) electrons. The summed E-state index contributed by atoms with van der Waals surface area (Å²) in [6.07, 6.45) is 4.08. The van der Waals surface area contributed by atoms with Gasteiger partial charge in [-0.05, 0) is 18.9 Å². The zero-order valence-corrected chi connectivity index (χ0v) is 12.3. The zero-order chi connectivity index (χ0) is 17.3. The Labute approximate surface area is 134 Å². The van der Waals surface area contributed by atoms with Gasteiger partial charge in [-0.25, -0.2) is 9.98 Å². The van der Waals surface area contributed by atoms with Crippen LogP contribution in [0.2, 0.25) is 0 Å². The van der Waals surface area contributed by atoms with Gasteiger partial charge in [0, 0.05) is 12.0 Å². The van der Waals surface area contributed by atoms with Crippen molar-refractivity contribution in [3.63, 3.8) is 0 Å². The average molecular weight is 340 g/mol. The fourth-order valence-electron chi connectivity index (χ4n) is 2.25. The monoisotopic (exact) mass is 340 g/mol. The van der Waals surface area contributed by atoms with Crippen LogP contribution in [0.25, 0.3) is 0 Å². The maximum atomic E-state index is 12.1. The summed E-state index contributed by atoms with van der Waals surface area (Å²) in [5, 5.41) is 16.8. The van der Waals surface area contributed by atoms with Crippen LogP contribution in [0.1, 0.15) is 12.8 Å². The third-order valence-corrected chi connectivity index (χ3v) is 3.59. The lowest BCUT2D eigenvalue weighted by atomic mass is 10.2. The Kier molecular flexibility index (Phi) is 4.01. The largest absolute Gasteiger partial charge is 0.417 e. The van der Waals surface area contributed by atoms with Crippen molar-refractivity contribution in [1.29, 1.82) is 0 Å². The first-order valence-electron chi connectivity index (χ1n) is 7.06. The molecule has 4 N–H and O–H groups in total. The minimum atomic E-state index is -2.98. The first-order valence-corrected chi connectivity index (χ1v) is 7.06. The van der Waals surface area contributed by atoms with Crippen LogP contribution >= 0.6 is 0 Å². The normalized spacial score (nSPS) is 23.2. The molecule has 2 heterocycles. The number of nitrogens with two attached hydrogens (primary N) is 1. The molecule has 11 heteroatoms. The Bertz CT molecular complexity index is 704. The van der Waals surface area contributed by atoms with Crippen molar-refractivity contribution in [2.45, 2.75) is 25.2 Å². The number of aliphatic imine (C=N–C) groups is 1. The molecule has 1 unspecified atom stereocenters. The topological polar surface area (TPSA) is 128 Å². The lowest BCUT2D eigenvalue weighted by molar-refractivity contribution is -0.416. The molecule has 2 aliphatic rings. The van der Waals surface area contributed by atoms with Gasteiger partial charge in [0.15, 0.2) is 11.6 Å². The minimum Gasteiger partial charge on any atom is -0.417 e. The van der Waals surface area contributed by atoms with E-state index < -0.39 is 17.3 Å². The van der Waals surface area contributed by atoms with Crippen LogP contribution in [-0.4, -0.2) is 28.5 Å². The van der Waals surface area contributed by atoms with Crippen LogP contribution in [0, 0.1) is 16.0 Å². The van der Waals surface area contributed by atoms with Crippen molar-refractivity contribution < 1.29 is 18.4 Å². The number of pyridine rings is 1. The second kappa shape index (κ2) is 6.00. The fraction of sp³-hybridized carbons (Fsp3) is 0.385. The first-order chi connectivity index (χ1) is 11.4. The number of ether oxygens (including phenoxy) is 1. The van der Waals surface area contributed by atoms with E-state index in [1.165, 1.54) is 18.3 Å². The van der Waals surface area contributed by atoms with Crippen LogP contribution in [0.15, 0.2) is 34.8 Å². The summed E-state index contributed by atoms with van der Waals surface area (Å²) in [7, 11) is 0. The number of nitrogens with zero attached hydrogens (tertiary/aromatic N) is 3. The quantitative estimate of drug-likeness (QED) is 0.525. The molecular weight excluding hydrogens is 326 g/mol. The van der Waals surface area contributed by atoms with Crippen molar-refractivity contribution in [2.75, 3.05) is 5.32 Å². The molecule has 1 saturated carbocycles. The van der Waals surface area contributed by atoms with Crippen LogP contribution < -0.4 is 21.1 Å². The van der Waals surface area contributed by atoms with E-state index in [1.807, 2.05) is 0 Å². The third-order valence-electron chi connectivity index (χ3n) is 3.59. The smallest absolute Gasteiger partial charge is 0.388 e. The van der Waals surface area contributed by atoms with Crippen molar-refractivity contribution >= 4 is 11.9 Å². The van der Waals surface area contributed by atoms with E-state index in [0.717, 1.165) is 19.1 Å². The summed E-state index contributed by atoms with van der Waals surface area (Å²) in [5.74, 6) is -1.20. The van der Waals surface area contributed by atoms with Gasteiger partial charge in [0.25, 0.3) is 0 Å². The molecule has 0 aromatic carbocycles. The summed E-state index contributed by atoms with van der Waals surface area (Å²) in [6.45, 7) is -2.98. The first kappa shape index (κ1) is 16.1. The maximum absolute atomic E-state index is 12.1. The van der Waals surface area contributed by atoms with Crippen molar-refractivity contribution in [3.8, 4) is 5.88 Å². The summed E-state index contributed by atoms with van der Waals surface area (Å²) in [4.78, 5) is 18.3. The number of hydrogen-bond acceptors (Lipinski definition) is 8. The number of anilines is 1. The molecule has 1 aromatic rings. The second-order valence-electron chi connectivity index (χ2n) is 5.39. The fourth-order valence-corrected chi connectivity index (χ4v) is 2.25. The number of allylic oxidation sites excluding steroid dienone is 1. The Morgan fingerprint density at radius 1 is 1.50 bits per heavy atom. The van der Waals surface area contributed by atoms with Crippen LogP contribution in [0.5, 0.6) is 5.88 Å². The number of rotatable bonds is 6. The highest BCUT2D eigenvalue weighted by Crippen LogP contribution is 2.39. The van der Waals surface area contributed by atoms with Gasteiger partial charge >= 0.3 is 12.3 Å². The lowest BCUT2D eigenvalue weighted by Crippen LogP contribution is -2.56. The number of alkyl halides is 2. The van der Waals surface area contributed by atoms with Gasteiger partial charge in [-0.1, -0.05) is 0 Å². The molecule has 0 spiro atoms. The van der Waals surface area contributed by atoms with Gasteiger partial charge in [-0.3, -0.25) is 15.8 Å². The molecule has 1 aliphatic carbocycles. The molecule has 24 heavy (non-hydrogen) atoms. The average Bonchev–Trinajstić information content (AvgIpc) is 3.34. The predicted octanol–water partition coefficient (Wildman–Crippen LogP) is 1.24. The molecule has 0 amide bonds. The van der Waals surface area contributed by atoms with Gasteiger partial charge in [0.2, 0.25) is 5.88 Å². The van der Waals surface area contributed by atoms with Crippen LogP contribution in [0.3, 0.4) is 0 Å². The van der Waals surface area contributed by atoms with E-state index in [4.69, 9.17) is 5.73 Å². The maximum Gasteiger partial charge on any atom is 0.388 e. The van der Waals surface area contributed by atoms with Crippen molar-refractivity contribution in [2.24, 2.45) is 16.6 Å². The van der Waals surface area contributed by atoms with Gasteiger partial charge in [-0.15, -0.1) is 0 Å². The third kappa shape index (κ3) is 3.40. The second-order valence-corrected chi connectivity index (χ2v) is 5.39. The number of hydrogen-bond donors (Lipinski definition) is 3. The van der Waals surface area contributed by atoms with E-state index in [1.54, 1.807) is 0 Å². The summed E-state index contributed by atoms with van der Waals surface area (Å²) < 4.78 is 28.3. The molecule has 1 atom stereocenters. The molecule has 1 fully saturated rings. The molecule has 3 rings (SSSR count). The van der Waals surface area contributed by atoms with Gasteiger partial charge in [-0.2, -0.15) is 8.78 Å². The summed E-state index contributed by atoms with van der Waals surface area (Å²) in [5.41, 5.74) is 6.18. The highest BCUT2D eigenvalue weighted by atomic mass is 19.3. The Morgan fingerprint density at radius 3 is 2.79 bits per heavy atom. The van der Waals surface area contributed by atoms with E-state index >= 15 is 0 Å². The SMILES string of the molecule is NC1(C2CC2)N=CC([N+](=O)[O-])=C(Nc2ccc(OC(F)F)nc2)N1. The molecule has 9 nitrogen and oxygen atoms in total. The molecule has 0 bridgehead atoms. The zero-order valence-electron chi connectivity index (χ0n) is 12.3. The Morgan fingerprint density at radius 2 is 2.25 bits per heavy atom. The predicted molar refractivity (Wildman–Crippen MR) is 79.8 cm³/mol. The van der Waals surface area contributed by atoms with E-state index in [2.05, 4.69) is 25.3 Å². The number of halogens is 2. The van der Waals surface area contributed by atoms with E-state index in [0.29, 0.717) is 5.69 Å². The molecular formula is C13H14F2N6O3. The molecule has 1 aliphatic heterocycles. The molecule has 1 aromatic heterocycles. The number of nitrogens with one attached hydrogen (secondary N) is 2. The highest BCUT2D eigenvalue weighted by molar-refractivity contribution is 5.79. The van der Waals surface area contributed by atoms with Crippen molar-refractivity contribution in [3.05, 3.63) is 40.0 Å². The molecule has 0 saturated heterocycles.